The molecular formula is C21H27NO4. The van der Waals surface area contributed by atoms with Crippen LogP contribution >= 0.6 is 0 Å². The summed E-state index contributed by atoms with van der Waals surface area (Å²) in [6.45, 7) is 2.24. The van der Waals surface area contributed by atoms with E-state index in [1.807, 2.05) is 25.1 Å². The van der Waals surface area contributed by atoms with Crippen LogP contribution in [-0.4, -0.2) is 35.4 Å². The van der Waals surface area contributed by atoms with Crippen LogP contribution < -0.4 is 4.74 Å². The fourth-order valence-corrected chi connectivity index (χ4v) is 3.79. The van der Waals surface area contributed by atoms with Crippen molar-refractivity contribution in [3.05, 3.63) is 36.0 Å². The minimum absolute atomic E-state index is 0.0683. The van der Waals surface area contributed by atoms with Crippen LogP contribution in [0.5, 0.6) is 5.75 Å². The van der Waals surface area contributed by atoms with E-state index in [9.17, 15) is 9.90 Å². The number of ether oxygens (including phenoxy) is 2. The number of esters is 1. The summed E-state index contributed by atoms with van der Waals surface area (Å²) in [7, 11) is 1.64. The number of benzene rings is 1. The summed E-state index contributed by atoms with van der Waals surface area (Å²) in [5.74, 6) is 0.543. The third-order valence-corrected chi connectivity index (χ3v) is 5.42. The first-order valence-corrected chi connectivity index (χ1v) is 9.35. The molecule has 1 aliphatic rings. The number of carbonyl (C=O) groups is 1. The van der Waals surface area contributed by atoms with Crippen LogP contribution in [0, 0.1) is 5.92 Å². The van der Waals surface area contributed by atoms with Gasteiger partial charge in [0.2, 0.25) is 0 Å². The third kappa shape index (κ3) is 4.15. The Kier molecular flexibility index (Phi) is 5.77. The van der Waals surface area contributed by atoms with Crippen LogP contribution in [-0.2, 0) is 16.0 Å². The molecule has 0 amide bonds. The van der Waals surface area contributed by atoms with E-state index >= 15 is 0 Å². The number of aliphatic hydroxyl groups is 1. The summed E-state index contributed by atoms with van der Waals surface area (Å²) in [6, 6.07) is 8.06. The van der Waals surface area contributed by atoms with E-state index in [0.717, 1.165) is 28.6 Å². The highest BCUT2D eigenvalue weighted by atomic mass is 16.5. The number of pyridine rings is 1. The van der Waals surface area contributed by atoms with E-state index in [1.165, 1.54) is 0 Å². The van der Waals surface area contributed by atoms with Crippen LogP contribution in [0.1, 0.15) is 44.6 Å². The van der Waals surface area contributed by atoms with Gasteiger partial charge in [-0.2, -0.15) is 0 Å². The molecular weight excluding hydrogens is 330 g/mol. The van der Waals surface area contributed by atoms with Gasteiger partial charge in [0.05, 0.1) is 36.9 Å². The molecule has 0 unspecified atom stereocenters. The zero-order chi connectivity index (χ0) is 18.6. The lowest BCUT2D eigenvalue weighted by molar-refractivity contribution is -0.151. The van der Waals surface area contributed by atoms with Crippen LogP contribution in [0.4, 0.5) is 0 Å². The van der Waals surface area contributed by atoms with E-state index in [0.29, 0.717) is 38.7 Å². The number of rotatable bonds is 6. The maximum atomic E-state index is 11.9. The fourth-order valence-electron chi connectivity index (χ4n) is 3.79. The van der Waals surface area contributed by atoms with Crippen LogP contribution in [0.3, 0.4) is 0 Å². The van der Waals surface area contributed by atoms with E-state index in [2.05, 4.69) is 11.1 Å². The van der Waals surface area contributed by atoms with Gasteiger partial charge in [0.1, 0.15) is 5.75 Å². The number of aromatic nitrogens is 1. The molecule has 0 atom stereocenters. The second-order valence-corrected chi connectivity index (χ2v) is 7.11. The van der Waals surface area contributed by atoms with E-state index in [1.54, 1.807) is 13.3 Å². The lowest BCUT2D eigenvalue weighted by Crippen LogP contribution is -2.37. The van der Waals surface area contributed by atoms with Crippen LogP contribution in [0.2, 0.25) is 0 Å². The van der Waals surface area contributed by atoms with Crippen molar-refractivity contribution in [1.82, 2.24) is 4.98 Å². The molecule has 0 spiro atoms. The molecule has 1 heterocycles. The van der Waals surface area contributed by atoms with Gasteiger partial charge in [-0.15, -0.1) is 0 Å². The molecule has 26 heavy (non-hydrogen) atoms. The maximum absolute atomic E-state index is 11.9. The molecule has 1 N–H and O–H groups in total. The lowest BCUT2D eigenvalue weighted by atomic mass is 9.76. The predicted molar refractivity (Wildman–Crippen MR) is 100 cm³/mol. The quantitative estimate of drug-likeness (QED) is 0.799. The van der Waals surface area contributed by atoms with Gasteiger partial charge in [0.25, 0.3) is 0 Å². The third-order valence-electron chi connectivity index (χ3n) is 5.42. The van der Waals surface area contributed by atoms with Crippen molar-refractivity contribution in [3.8, 4) is 5.75 Å². The fraction of sp³-hybridized carbons (Fsp3) is 0.524. The van der Waals surface area contributed by atoms with Gasteiger partial charge in [-0.25, -0.2) is 0 Å². The standard InChI is InChI=1S/C21H27NO4/c1-3-26-20(23)16-8-11-21(24,12-9-16)10-7-15-5-4-6-19-18(15)13-17(25-2)14-22-19/h4-6,13-14,16,24H,3,7-12H2,1-2H3. The van der Waals surface area contributed by atoms with Crippen molar-refractivity contribution in [1.29, 1.82) is 0 Å². The van der Waals surface area contributed by atoms with Crippen molar-refractivity contribution in [2.24, 2.45) is 5.92 Å². The van der Waals surface area contributed by atoms with Gasteiger partial charge in [-0.05, 0) is 63.1 Å². The smallest absolute Gasteiger partial charge is 0.308 e. The Hall–Kier alpha value is -2.14. The number of fused-ring (bicyclic) bond motifs is 1. The Balaban J connectivity index is 1.66. The summed E-state index contributed by atoms with van der Waals surface area (Å²) in [4.78, 5) is 16.3. The second-order valence-electron chi connectivity index (χ2n) is 7.11. The number of methoxy groups -OCH3 is 1. The topological polar surface area (TPSA) is 68.7 Å². The number of hydrogen-bond donors (Lipinski definition) is 1. The monoisotopic (exact) mass is 357 g/mol. The molecule has 0 saturated heterocycles. The van der Waals surface area contributed by atoms with E-state index in [4.69, 9.17) is 9.47 Å². The Morgan fingerprint density at radius 2 is 2.12 bits per heavy atom. The summed E-state index contributed by atoms with van der Waals surface area (Å²) in [6.07, 6.45) is 5.84. The van der Waals surface area contributed by atoms with Gasteiger partial charge < -0.3 is 14.6 Å². The van der Waals surface area contributed by atoms with Gasteiger partial charge in [-0.3, -0.25) is 9.78 Å². The normalized spacial score (nSPS) is 23.0. The molecule has 3 rings (SSSR count). The molecule has 2 aromatic rings. The number of aryl methyl sites for hydroxylation is 1. The molecule has 0 radical (unpaired) electrons. The highest BCUT2D eigenvalue weighted by Gasteiger charge is 2.36. The highest BCUT2D eigenvalue weighted by molar-refractivity contribution is 5.83. The van der Waals surface area contributed by atoms with Crippen molar-refractivity contribution in [2.45, 2.75) is 51.0 Å². The molecule has 1 aromatic heterocycles. The van der Waals surface area contributed by atoms with Crippen molar-refractivity contribution in [3.63, 3.8) is 0 Å². The molecule has 140 valence electrons. The SMILES string of the molecule is CCOC(=O)C1CCC(O)(CCc2cccc3ncc(OC)cc23)CC1. The van der Waals surface area contributed by atoms with Crippen LogP contribution in [0.25, 0.3) is 10.9 Å². The summed E-state index contributed by atoms with van der Waals surface area (Å²) >= 11 is 0. The zero-order valence-electron chi connectivity index (χ0n) is 15.5. The van der Waals surface area contributed by atoms with E-state index < -0.39 is 5.60 Å². The van der Waals surface area contributed by atoms with E-state index in [-0.39, 0.29) is 11.9 Å². The summed E-state index contributed by atoms with van der Waals surface area (Å²) in [5, 5.41) is 12.0. The molecule has 5 nitrogen and oxygen atoms in total. The first kappa shape index (κ1) is 18.6. The van der Waals surface area contributed by atoms with Gasteiger partial charge in [0.15, 0.2) is 0 Å². The number of hydrogen-bond acceptors (Lipinski definition) is 5. The predicted octanol–water partition coefficient (Wildman–Crippen LogP) is 3.66. The average molecular weight is 357 g/mol. The second kappa shape index (κ2) is 8.04. The molecule has 0 bridgehead atoms. The minimum Gasteiger partial charge on any atom is -0.495 e. The highest BCUT2D eigenvalue weighted by Crippen LogP contribution is 2.36. The molecule has 1 aromatic carbocycles. The van der Waals surface area contributed by atoms with Crippen molar-refractivity contribution >= 4 is 16.9 Å². The molecule has 1 saturated carbocycles. The van der Waals surface area contributed by atoms with Crippen molar-refractivity contribution < 1.29 is 19.4 Å². The Bertz CT molecular complexity index is 766. The zero-order valence-corrected chi connectivity index (χ0v) is 15.5. The van der Waals surface area contributed by atoms with Gasteiger partial charge >= 0.3 is 5.97 Å². The summed E-state index contributed by atoms with van der Waals surface area (Å²) < 4.78 is 10.4. The number of nitrogens with zero attached hydrogens (tertiary/aromatic N) is 1. The Labute approximate surface area is 154 Å². The lowest BCUT2D eigenvalue weighted by Gasteiger charge is -2.35. The maximum Gasteiger partial charge on any atom is 0.308 e. The average Bonchev–Trinajstić information content (AvgIpc) is 2.66. The Morgan fingerprint density at radius 1 is 1.35 bits per heavy atom. The van der Waals surface area contributed by atoms with Crippen LogP contribution in [0.15, 0.2) is 30.5 Å². The summed E-state index contributed by atoms with van der Waals surface area (Å²) in [5.41, 5.74) is 1.38. The molecule has 0 aliphatic heterocycles. The first-order chi connectivity index (χ1) is 12.5. The Morgan fingerprint density at radius 3 is 2.81 bits per heavy atom. The molecule has 5 heteroatoms. The minimum atomic E-state index is -0.711. The first-order valence-electron chi connectivity index (χ1n) is 9.35. The van der Waals surface area contributed by atoms with Gasteiger partial charge in [0, 0.05) is 5.39 Å². The van der Waals surface area contributed by atoms with Gasteiger partial charge in [-0.1, -0.05) is 12.1 Å². The molecule has 1 aliphatic carbocycles. The molecule has 1 fully saturated rings. The largest absolute Gasteiger partial charge is 0.495 e. The van der Waals surface area contributed by atoms with Crippen molar-refractivity contribution in [2.75, 3.05) is 13.7 Å². The number of carbonyl (C=O) groups excluding carboxylic acids is 1.